The van der Waals surface area contributed by atoms with Crippen molar-refractivity contribution in [2.45, 2.75) is 6.54 Å². The maximum absolute atomic E-state index is 5.67. The standard InChI is InChI=1S/C10H15N5O2S/c1-15-7(16-2)4-6(13-15)5-12-10-8(17-3)9(11)14-18-10/h4,12H,5H2,1-3H3,(H2,11,14). The summed E-state index contributed by atoms with van der Waals surface area (Å²) in [4.78, 5) is 0. The summed E-state index contributed by atoms with van der Waals surface area (Å²) < 4.78 is 16.0. The number of hydrogen-bond acceptors (Lipinski definition) is 7. The van der Waals surface area contributed by atoms with Gasteiger partial charge in [-0.3, -0.25) is 0 Å². The maximum Gasteiger partial charge on any atom is 0.211 e. The van der Waals surface area contributed by atoms with Crippen LogP contribution in [-0.2, 0) is 13.6 Å². The van der Waals surface area contributed by atoms with Crippen LogP contribution in [0.3, 0.4) is 0 Å². The van der Waals surface area contributed by atoms with Crippen molar-refractivity contribution in [3.05, 3.63) is 11.8 Å². The van der Waals surface area contributed by atoms with E-state index in [1.807, 2.05) is 13.1 Å². The molecule has 98 valence electrons. The molecule has 0 bridgehead atoms. The number of nitrogens with two attached hydrogens (primary N) is 1. The van der Waals surface area contributed by atoms with Gasteiger partial charge in [0.15, 0.2) is 16.6 Å². The molecule has 0 aliphatic rings. The van der Waals surface area contributed by atoms with Crippen LogP contribution in [-0.4, -0.2) is 28.4 Å². The van der Waals surface area contributed by atoms with E-state index in [0.717, 1.165) is 10.7 Å². The number of aryl methyl sites for hydroxylation is 1. The van der Waals surface area contributed by atoms with Gasteiger partial charge in [0.05, 0.1) is 26.5 Å². The summed E-state index contributed by atoms with van der Waals surface area (Å²) in [7, 11) is 5.00. The summed E-state index contributed by atoms with van der Waals surface area (Å²) in [6, 6.07) is 1.86. The lowest BCUT2D eigenvalue weighted by molar-refractivity contribution is 0.373. The lowest BCUT2D eigenvalue weighted by Gasteiger charge is -2.03. The van der Waals surface area contributed by atoms with Gasteiger partial charge in [-0.25, -0.2) is 4.68 Å². The number of anilines is 2. The van der Waals surface area contributed by atoms with Gasteiger partial charge >= 0.3 is 0 Å². The third kappa shape index (κ3) is 2.33. The number of nitrogens with one attached hydrogen (secondary N) is 1. The molecule has 2 aromatic heterocycles. The molecule has 0 radical (unpaired) electrons. The van der Waals surface area contributed by atoms with Gasteiger partial charge in [0.2, 0.25) is 5.88 Å². The Kier molecular flexibility index (Phi) is 3.56. The Labute approximate surface area is 109 Å². The van der Waals surface area contributed by atoms with Crippen LogP contribution >= 0.6 is 11.5 Å². The average molecular weight is 269 g/mol. The predicted octanol–water partition coefficient (Wildman–Crippen LogP) is 1.09. The van der Waals surface area contributed by atoms with Crippen LogP contribution in [0, 0.1) is 0 Å². The average Bonchev–Trinajstić information content (AvgIpc) is 2.89. The van der Waals surface area contributed by atoms with Gasteiger partial charge in [-0.2, -0.15) is 9.47 Å². The first-order valence-electron chi connectivity index (χ1n) is 5.25. The topological polar surface area (TPSA) is 87.2 Å². The Balaban J connectivity index is 2.06. The normalized spacial score (nSPS) is 10.4. The Morgan fingerprint density at radius 3 is 2.83 bits per heavy atom. The second-order valence-corrected chi connectivity index (χ2v) is 4.36. The van der Waals surface area contributed by atoms with Crippen LogP contribution in [0.5, 0.6) is 11.6 Å². The van der Waals surface area contributed by atoms with Gasteiger partial charge in [-0.1, -0.05) is 0 Å². The first-order chi connectivity index (χ1) is 8.65. The van der Waals surface area contributed by atoms with Gasteiger partial charge in [0, 0.05) is 13.1 Å². The molecule has 0 aliphatic heterocycles. The third-order valence-corrected chi connectivity index (χ3v) is 3.21. The van der Waals surface area contributed by atoms with Gasteiger partial charge < -0.3 is 20.5 Å². The van der Waals surface area contributed by atoms with Crippen molar-refractivity contribution in [2.24, 2.45) is 7.05 Å². The van der Waals surface area contributed by atoms with Gasteiger partial charge in [0.1, 0.15) is 0 Å². The van der Waals surface area contributed by atoms with Crippen molar-refractivity contribution < 1.29 is 9.47 Å². The van der Waals surface area contributed by atoms with E-state index in [9.17, 15) is 0 Å². The van der Waals surface area contributed by atoms with Crippen molar-refractivity contribution in [3.63, 3.8) is 0 Å². The number of nitrogens with zero attached hydrogens (tertiary/aromatic N) is 3. The Bertz CT molecular complexity index is 536. The van der Waals surface area contributed by atoms with Gasteiger partial charge in [-0.05, 0) is 11.5 Å². The Morgan fingerprint density at radius 2 is 2.22 bits per heavy atom. The molecular formula is C10H15N5O2S. The van der Waals surface area contributed by atoms with Crippen molar-refractivity contribution >= 4 is 22.4 Å². The second kappa shape index (κ2) is 5.13. The number of methoxy groups -OCH3 is 2. The maximum atomic E-state index is 5.67. The van der Waals surface area contributed by atoms with Crippen molar-refractivity contribution in [3.8, 4) is 11.6 Å². The van der Waals surface area contributed by atoms with Crippen LogP contribution in [0.25, 0.3) is 0 Å². The van der Waals surface area contributed by atoms with E-state index in [2.05, 4.69) is 14.8 Å². The van der Waals surface area contributed by atoms with Gasteiger partial charge in [0.25, 0.3) is 0 Å². The molecule has 0 spiro atoms. The molecule has 0 unspecified atom stereocenters. The molecule has 0 saturated carbocycles. The highest BCUT2D eigenvalue weighted by molar-refractivity contribution is 7.11. The fourth-order valence-corrected chi connectivity index (χ4v) is 2.24. The van der Waals surface area contributed by atoms with Crippen molar-refractivity contribution in [1.29, 1.82) is 0 Å². The largest absolute Gasteiger partial charge is 0.490 e. The molecule has 2 heterocycles. The quantitative estimate of drug-likeness (QED) is 0.845. The first-order valence-corrected chi connectivity index (χ1v) is 6.03. The van der Waals surface area contributed by atoms with Crippen molar-refractivity contribution in [2.75, 3.05) is 25.3 Å². The van der Waals surface area contributed by atoms with E-state index in [1.54, 1.807) is 18.9 Å². The van der Waals surface area contributed by atoms with Crippen molar-refractivity contribution in [1.82, 2.24) is 14.2 Å². The van der Waals surface area contributed by atoms with E-state index >= 15 is 0 Å². The fraction of sp³-hybridized carbons (Fsp3) is 0.400. The molecule has 18 heavy (non-hydrogen) atoms. The molecule has 0 saturated heterocycles. The Morgan fingerprint density at radius 1 is 1.44 bits per heavy atom. The molecule has 0 amide bonds. The number of rotatable bonds is 5. The highest BCUT2D eigenvalue weighted by atomic mass is 32.1. The van der Waals surface area contributed by atoms with Crippen LogP contribution < -0.4 is 20.5 Å². The molecule has 0 aromatic carbocycles. The minimum absolute atomic E-state index is 0.392. The van der Waals surface area contributed by atoms with Crippen LogP contribution in [0.2, 0.25) is 0 Å². The summed E-state index contributed by atoms with van der Waals surface area (Å²) in [6.07, 6.45) is 0. The number of aromatic nitrogens is 3. The molecule has 0 atom stereocenters. The molecule has 2 rings (SSSR count). The third-order valence-electron chi connectivity index (χ3n) is 2.40. The highest BCUT2D eigenvalue weighted by Gasteiger charge is 2.12. The number of ether oxygens (including phenoxy) is 2. The van der Waals surface area contributed by atoms with Crippen LogP contribution in [0.4, 0.5) is 10.8 Å². The summed E-state index contributed by atoms with van der Waals surface area (Å²) in [5.74, 6) is 1.68. The molecular weight excluding hydrogens is 254 g/mol. The summed E-state index contributed by atoms with van der Waals surface area (Å²) in [5, 5.41) is 8.28. The van der Waals surface area contributed by atoms with E-state index in [-0.39, 0.29) is 0 Å². The lowest BCUT2D eigenvalue weighted by Crippen LogP contribution is -2.01. The Hall–Kier alpha value is -1.96. The minimum Gasteiger partial charge on any atom is -0.490 e. The molecule has 3 N–H and O–H groups in total. The zero-order valence-corrected chi connectivity index (χ0v) is 11.2. The van der Waals surface area contributed by atoms with Crippen LogP contribution in [0.15, 0.2) is 6.07 Å². The minimum atomic E-state index is 0.392. The molecule has 2 aromatic rings. The zero-order chi connectivity index (χ0) is 13.1. The second-order valence-electron chi connectivity index (χ2n) is 3.59. The monoisotopic (exact) mass is 269 g/mol. The SMILES string of the molecule is COc1c(N)nsc1NCc1cc(OC)n(C)n1. The lowest BCUT2D eigenvalue weighted by atomic mass is 10.4. The zero-order valence-electron chi connectivity index (χ0n) is 10.4. The van der Waals surface area contributed by atoms with E-state index in [0.29, 0.717) is 24.0 Å². The van der Waals surface area contributed by atoms with E-state index in [1.165, 1.54) is 11.5 Å². The predicted molar refractivity (Wildman–Crippen MR) is 70.2 cm³/mol. The summed E-state index contributed by atoms with van der Waals surface area (Å²) >= 11 is 1.26. The number of hydrogen-bond donors (Lipinski definition) is 2. The molecule has 7 nitrogen and oxygen atoms in total. The molecule has 0 aliphatic carbocycles. The van der Waals surface area contributed by atoms with E-state index in [4.69, 9.17) is 15.2 Å². The van der Waals surface area contributed by atoms with Crippen LogP contribution in [0.1, 0.15) is 5.69 Å². The molecule has 8 heteroatoms. The summed E-state index contributed by atoms with van der Waals surface area (Å²) in [5.41, 5.74) is 6.53. The molecule has 0 fully saturated rings. The summed E-state index contributed by atoms with van der Waals surface area (Å²) in [6.45, 7) is 0.551. The fourth-order valence-electron chi connectivity index (χ4n) is 1.56. The number of nitrogen functional groups attached to an aromatic ring is 1. The first kappa shape index (κ1) is 12.5. The highest BCUT2D eigenvalue weighted by Crippen LogP contribution is 2.34. The van der Waals surface area contributed by atoms with E-state index < -0.39 is 0 Å². The smallest absolute Gasteiger partial charge is 0.211 e. The van der Waals surface area contributed by atoms with Gasteiger partial charge in [-0.15, -0.1) is 0 Å².